The molecule has 0 spiro atoms. The monoisotopic (exact) mass is 363 g/mol. The second-order valence-corrected chi connectivity index (χ2v) is 6.89. The number of nitrogens with one attached hydrogen (secondary N) is 1. The number of aromatic carboxylic acids is 1. The molecule has 2 aliphatic rings. The molecule has 2 aromatic carbocycles. The molecule has 0 unspecified atom stereocenters. The lowest BCUT2D eigenvalue weighted by Gasteiger charge is -2.38. The van der Waals surface area contributed by atoms with Crippen LogP contribution in [0.4, 0.5) is 5.69 Å². The summed E-state index contributed by atoms with van der Waals surface area (Å²) in [5.74, 6) is -0.721. The number of anilines is 1. The summed E-state index contributed by atoms with van der Waals surface area (Å²) in [5.41, 5.74) is 3.75. The molecular formula is C22H21NO4. The second kappa shape index (κ2) is 6.91. The van der Waals surface area contributed by atoms with Crippen LogP contribution in [0.25, 0.3) is 0 Å². The van der Waals surface area contributed by atoms with Crippen LogP contribution >= 0.6 is 0 Å². The number of hydrogen-bond donors (Lipinski definition) is 2. The number of fused-ring (bicyclic) bond motifs is 3. The van der Waals surface area contributed by atoms with E-state index in [1.165, 1.54) is 0 Å². The molecule has 0 aromatic heterocycles. The average Bonchev–Trinajstić information content (AvgIpc) is 3.17. The third-order valence-corrected chi connectivity index (χ3v) is 5.41. The van der Waals surface area contributed by atoms with Crippen molar-refractivity contribution < 1.29 is 19.4 Å². The highest BCUT2D eigenvalue weighted by atomic mass is 16.5. The Morgan fingerprint density at radius 1 is 1.19 bits per heavy atom. The lowest BCUT2D eigenvalue weighted by molar-refractivity contribution is 0.0526. The number of esters is 1. The molecule has 3 atom stereocenters. The zero-order chi connectivity index (χ0) is 19.0. The number of carbonyl (C=O) groups is 2. The summed E-state index contributed by atoms with van der Waals surface area (Å²) < 4.78 is 5.23. The van der Waals surface area contributed by atoms with Gasteiger partial charge in [0, 0.05) is 5.92 Å². The van der Waals surface area contributed by atoms with E-state index < -0.39 is 5.97 Å². The first-order valence-electron chi connectivity index (χ1n) is 9.16. The van der Waals surface area contributed by atoms with E-state index in [0.717, 1.165) is 23.2 Å². The van der Waals surface area contributed by atoms with Gasteiger partial charge >= 0.3 is 11.9 Å². The van der Waals surface area contributed by atoms with Gasteiger partial charge < -0.3 is 15.2 Å². The second-order valence-electron chi connectivity index (χ2n) is 6.89. The van der Waals surface area contributed by atoms with Crippen LogP contribution in [0.5, 0.6) is 0 Å². The lowest BCUT2D eigenvalue weighted by atomic mass is 9.76. The maximum Gasteiger partial charge on any atom is 0.340 e. The maximum absolute atomic E-state index is 12.4. The van der Waals surface area contributed by atoms with Gasteiger partial charge in [-0.1, -0.05) is 36.4 Å². The van der Waals surface area contributed by atoms with Crippen molar-refractivity contribution in [1.29, 1.82) is 0 Å². The molecule has 0 radical (unpaired) electrons. The van der Waals surface area contributed by atoms with E-state index >= 15 is 0 Å². The van der Waals surface area contributed by atoms with Crippen molar-refractivity contribution in [3.8, 4) is 0 Å². The Bertz CT molecular complexity index is 916. The van der Waals surface area contributed by atoms with Gasteiger partial charge in [-0.15, -0.1) is 0 Å². The third-order valence-electron chi connectivity index (χ3n) is 5.41. The van der Waals surface area contributed by atoms with Crippen LogP contribution in [0.15, 0.2) is 54.6 Å². The van der Waals surface area contributed by atoms with Crippen molar-refractivity contribution >= 4 is 17.6 Å². The van der Waals surface area contributed by atoms with Gasteiger partial charge in [0.05, 0.1) is 29.5 Å². The third kappa shape index (κ3) is 2.99. The number of carbonyl (C=O) groups excluding carboxylic acids is 1. The Kier molecular flexibility index (Phi) is 4.44. The summed E-state index contributed by atoms with van der Waals surface area (Å²) in [6, 6.07) is 12.7. The molecule has 0 bridgehead atoms. The number of benzene rings is 2. The van der Waals surface area contributed by atoms with Gasteiger partial charge in [0.2, 0.25) is 0 Å². The Hall–Kier alpha value is -3.08. The van der Waals surface area contributed by atoms with Gasteiger partial charge in [-0.3, -0.25) is 0 Å². The van der Waals surface area contributed by atoms with Crippen LogP contribution in [0.1, 0.15) is 57.1 Å². The first-order chi connectivity index (χ1) is 13.1. The van der Waals surface area contributed by atoms with E-state index in [9.17, 15) is 9.59 Å². The molecule has 1 aliphatic carbocycles. The zero-order valence-corrected chi connectivity index (χ0v) is 15.0. The SMILES string of the molecule is CCOC(=O)c1cccc2c1N[C@@H](c1ccc(C(=O)O)cc1)[C@H]1CC=C[C@@H]21. The van der Waals surface area contributed by atoms with Crippen molar-refractivity contribution in [2.24, 2.45) is 5.92 Å². The first kappa shape index (κ1) is 17.3. The van der Waals surface area contributed by atoms with Crippen LogP contribution in [-0.4, -0.2) is 23.7 Å². The summed E-state index contributed by atoms with van der Waals surface area (Å²) in [4.78, 5) is 23.6. The molecular weight excluding hydrogens is 342 g/mol. The highest BCUT2D eigenvalue weighted by Crippen LogP contribution is 2.50. The van der Waals surface area contributed by atoms with E-state index in [2.05, 4.69) is 23.5 Å². The minimum absolute atomic E-state index is 0.00378. The minimum atomic E-state index is -0.937. The standard InChI is InChI=1S/C22H21NO4/c1-2-27-22(26)18-8-4-7-17-15-5-3-6-16(15)19(23-20(17)18)13-9-11-14(12-10-13)21(24)25/h3-5,7-12,15-16,19,23H,2,6H2,1H3,(H,24,25)/t15-,16+,19+/m1/s1. The predicted molar refractivity (Wildman–Crippen MR) is 102 cm³/mol. The zero-order valence-electron chi connectivity index (χ0n) is 15.0. The van der Waals surface area contributed by atoms with Crippen LogP contribution in [-0.2, 0) is 4.74 Å². The van der Waals surface area contributed by atoms with E-state index in [0.29, 0.717) is 18.1 Å². The highest BCUT2D eigenvalue weighted by Gasteiger charge is 2.39. The minimum Gasteiger partial charge on any atom is -0.478 e. The summed E-state index contributed by atoms with van der Waals surface area (Å²) in [6.07, 6.45) is 5.33. The molecule has 1 aliphatic heterocycles. The number of hydrogen-bond acceptors (Lipinski definition) is 4. The van der Waals surface area contributed by atoms with Crippen LogP contribution in [0.3, 0.4) is 0 Å². The molecule has 0 saturated heterocycles. The number of allylic oxidation sites excluding steroid dienone is 2. The Labute approximate surface area is 157 Å². The van der Waals surface area contributed by atoms with Gasteiger partial charge in [-0.25, -0.2) is 9.59 Å². The largest absolute Gasteiger partial charge is 0.478 e. The number of para-hydroxylation sites is 1. The van der Waals surface area contributed by atoms with E-state index in [1.54, 1.807) is 25.1 Å². The molecule has 1 heterocycles. The molecule has 5 nitrogen and oxygen atoms in total. The van der Waals surface area contributed by atoms with Crippen molar-refractivity contribution in [2.75, 3.05) is 11.9 Å². The smallest absolute Gasteiger partial charge is 0.340 e. The fourth-order valence-corrected chi connectivity index (χ4v) is 4.16. The Balaban J connectivity index is 1.75. The van der Waals surface area contributed by atoms with E-state index in [4.69, 9.17) is 9.84 Å². The molecule has 138 valence electrons. The Morgan fingerprint density at radius 3 is 2.67 bits per heavy atom. The molecule has 2 aromatic rings. The quantitative estimate of drug-likeness (QED) is 0.622. The number of rotatable bonds is 4. The van der Waals surface area contributed by atoms with Crippen molar-refractivity contribution in [3.63, 3.8) is 0 Å². The van der Waals surface area contributed by atoms with Crippen molar-refractivity contribution in [2.45, 2.75) is 25.3 Å². The highest BCUT2D eigenvalue weighted by molar-refractivity contribution is 5.97. The summed E-state index contributed by atoms with van der Waals surface area (Å²) in [7, 11) is 0. The topological polar surface area (TPSA) is 75.6 Å². The van der Waals surface area contributed by atoms with Gasteiger partial charge in [0.1, 0.15) is 0 Å². The summed E-state index contributed by atoms with van der Waals surface area (Å²) in [6.45, 7) is 2.12. The molecule has 0 amide bonds. The van der Waals surface area contributed by atoms with Gasteiger partial charge in [-0.05, 0) is 48.6 Å². The van der Waals surface area contributed by atoms with E-state index in [1.807, 2.05) is 18.2 Å². The van der Waals surface area contributed by atoms with Gasteiger partial charge in [0.15, 0.2) is 0 Å². The van der Waals surface area contributed by atoms with E-state index in [-0.39, 0.29) is 23.5 Å². The number of carboxylic acid groups (broad SMARTS) is 1. The predicted octanol–water partition coefficient (Wildman–Crippen LogP) is 4.39. The number of ether oxygens (including phenoxy) is 1. The Morgan fingerprint density at radius 2 is 1.96 bits per heavy atom. The van der Waals surface area contributed by atoms with Gasteiger partial charge in [-0.2, -0.15) is 0 Å². The van der Waals surface area contributed by atoms with Crippen LogP contribution in [0.2, 0.25) is 0 Å². The molecule has 0 fully saturated rings. The fraction of sp³-hybridized carbons (Fsp3) is 0.273. The van der Waals surface area contributed by atoms with Crippen molar-refractivity contribution in [1.82, 2.24) is 0 Å². The average molecular weight is 363 g/mol. The normalized spacial score (nSPS) is 22.5. The molecule has 27 heavy (non-hydrogen) atoms. The fourth-order valence-electron chi connectivity index (χ4n) is 4.16. The van der Waals surface area contributed by atoms with Gasteiger partial charge in [0.25, 0.3) is 0 Å². The molecule has 2 N–H and O–H groups in total. The van der Waals surface area contributed by atoms with Crippen LogP contribution in [0, 0.1) is 5.92 Å². The summed E-state index contributed by atoms with van der Waals surface area (Å²) in [5, 5.41) is 12.7. The van der Waals surface area contributed by atoms with Crippen molar-refractivity contribution in [3.05, 3.63) is 76.9 Å². The van der Waals surface area contributed by atoms with Crippen LogP contribution < -0.4 is 5.32 Å². The maximum atomic E-state index is 12.4. The molecule has 0 saturated carbocycles. The number of carboxylic acids is 1. The lowest BCUT2D eigenvalue weighted by Crippen LogP contribution is -2.30. The summed E-state index contributed by atoms with van der Waals surface area (Å²) >= 11 is 0. The molecule has 5 heteroatoms. The molecule has 4 rings (SSSR count). The first-order valence-corrected chi connectivity index (χ1v) is 9.16.